The number of hydrogen-bond acceptors (Lipinski definition) is 7. The molecule has 2 aromatic carbocycles. The summed E-state index contributed by atoms with van der Waals surface area (Å²) < 4.78 is 0. The van der Waals surface area contributed by atoms with Gasteiger partial charge in [-0.05, 0) is 54.6 Å². The van der Waals surface area contributed by atoms with Crippen LogP contribution in [0.5, 0.6) is 0 Å². The standard InChI is InChI=1S/C15H10Cl2N4.C7H8ClN3.HNO3/c16-11-2-1-3-12(9-11)20-15-19-7-5-13(21-15)10-4-6-18-14(17)8-10;8-5-2-1-3-6(4-5)11-7(9)10;2-1(3)4/h1-9H,(H,19,20,21);1-4H,(H4,9,10,11);(H,2,3,4). The molecule has 14 heteroatoms. The normalized spacial score (nSPS) is 9.53. The van der Waals surface area contributed by atoms with Gasteiger partial charge in [0.25, 0.3) is 5.09 Å². The number of benzene rings is 2. The fourth-order valence-corrected chi connectivity index (χ4v) is 3.11. The number of hydrogen-bond donors (Lipinski definition) is 5. The average molecular weight is 550 g/mol. The molecule has 0 unspecified atom stereocenters. The van der Waals surface area contributed by atoms with E-state index in [0.29, 0.717) is 21.1 Å². The van der Waals surface area contributed by atoms with Crippen molar-refractivity contribution >= 4 is 58.1 Å². The second-order valence-corrected chi connectivity index (χ2v) is 7.82. The summed E-state index contributed by atoms with van der Waals surface area (Å²) in [6.45, 7) is 0. The van der Waals surface area contributed by atoms with Crippen LogP contribution in [0.25, 0.3) is 11.3 Å². The van der Waals surface area contributed by atoms with Gasteiger partial charge in [0.1, 0.15) is 5.15 Å². The second kappa shape index (κ2) is 14.3. The molecule has 2 heterocycles. The third-order valence-corrected chi connectivity index (χ3v) is 4.54. The van der Waals surface area contributed by atoms with Gasteiger partial charge in [-0.2, -0.15) is 0 Å². The van der Waals surface area contributed by atoms with Crippen LogP contribution in [0.1, 0.15) is 0 Å². The number of guanidine groups is 1. The van der Waals surface area contributed by atoms with Crippen LogP contribution < -0.4 is 16.4 Å². The fourth-order valence-electron chi connectivity index (χ4n) is 2.56. The Bertz CT molecular complexity index is 1320. The smallest absolute Gasteiger partial charge is 0.291 e. The monoisotopic (exact) mass is 548 g/mol. The molecule has 0 atom stereocenters. The van der Waals surface area contributed by atoms with Gasteiger partial charge < -0.3 is 21.6 Å². The maximum absolute atomic E-state index is 8.36. The molecule has 0 fully saturated rings. The zero-order valence-corrected chi connectivity index (χ0v) is 20.5. The van der Waals surface area contributed by atoms with E-state index in [2.05, 4.69) is 25.6 Å². The zero-order chi connectivity index (χ0) is 26.5. The number of rotatable bonds is 4. The van der Waals surface area contributed by atoms with Crippen LogP contribution in [0.3, 0.4) is 0 Å². The lowest BCUT2D eigenvalue weighted by Gasteiger charge is -2.07. The molecule has 4 aromatic rings. The summed E-state index contributed by atoms with van der Waals surface area (Å²) in [6.07, 6.45) is 3.33. The first-order valence-corrected chi connectivity index (χ1v) is 10.9. The quantitative estimate of drug-likeness (QED) is 0.0683. The molecular weight excluding hydrogens is 531 g/mol. The Labute approximate surface area is 220 Å². The SMILES string of the molecule is Clc1cccc(Nc2nccc(-c3ccnc(Cl)c3)n2)c1.N=C(N)Nc1cccc(Cl)c1.O=[N+]([O-])O. The number of nitrogens with two attached hydrogens (primary N) is 1. The van der Waals surface area contributed by atoms with Gasteiger partial charge in [-0.25, -0.2) is 15.0 Å². The van der Waals surface area contributed by atoms with E-state index in [1.54, 1.807) is 48.8 Å². The maximum atomic E-state index is 8.36. The molecule has 2 aromatic heterocycles. The summed E-state index contributed by atoms with van der Waals surface area (Å²) in [6, 6.07) is 19.8. The van der Waals surface area contributed by atoms with Crippen LogP contribution in [-0.4, -0.2) is 31.2 Å². The molecule has 0 amide bonds. The van der Waals surface area contributed by atoms with E-state index in [0.717, 1.165) is 22.6 Å². The van der Waals surface area contributed by atoms with Crippen molar-refractivity contribution < 1.29 is 10.3 Å². The van der Waals surface area contributed by atoms with E-state index >= 15 is 0 Å². The topological polar surface area (TPSA) is 176 Å². The molecule has 0 spiro atoms. The Morgan fingerprint density at radius 3 is 2.11 bits per heavy atom. The molecule has 0 bridgehead atoms. The summed E-state index contributed by atoms with van der Waals surface area (Å²) in [7, 11) is 0. The first-order valence-electron chi connectivity index (χ1n) is 9.80. The Morgan fingerprint density at radius 1 is 0.944 bits per heavy atom. The van der Waals surface area contributed by atoms with Crippen molar-refractivity contribution in [2.24, 2.45) is 5.73 Å². The highest BCUT2D eigenvalue weighted by Gasteiger charge is 2.04. The molecule has 4 rings (SSSR count). The first-order chi connectivity index (χ1) is 17.1. The van der Waals surface area contributed by atoms with Gasteiger partial charge in [0.2, 0.25) is 5.95 Å². The van der Waals surface area contributed by atoms with Gasteiger partial charge in [-0.3, -0.25) is 5.41 Å². The van der Waals surface area contributed by atoms with Crippen molar-refractivity contribution in [1.29, 1.82) is 5.41 Å². The minimum absolute atomic E-state index is 0.0905. The molecule has 0 aliphatic rings. The highest BCUT2D eigenvalue weighted by molar-refractivity contribution is 6.31. The number of aromatic nitrogens is 3. The molecule has 36 heavy (non-hydrogen) atoms. The number of pyridine rings is 1. The summed E-state index contributed by atoms with van der Waals surface area (Å²) in [5.74, 6) is 0.398. The van der Waals surface area contributed by atoms with Crippen LogP contribution in [0, 0.1) is 15.5 Å². The van der Waals surface area contributed by atoms with Crippen molar-refractivity contribution in [3.05, 3.63) is 104 Å². The number of anilines is 3. The van der Waals surface area contributed by atoms with Crippen molar-refractivity contribution in [3.8, 4) is 11.3 Å². The largest absolute Gasteiger partial charge is 0.370 e. The van der Waals surface area contributed by atoms with Gasteiger partial charge in [0, 0.05) is 39.4 Å². The van der Waals surface area contributed by atoms with Crippen LogP contribution in [0.2, 0.25) is 15.2 Å². The Kier molecular flexibility index (Phi) is 11.1. The van der Waals surface area contributed by atoms with Crippen molar-refractivity contribution in [1.82, 2.24) is 15.0 Å². The maximum Gasteiger partial charge on any atom is 0.291 e. The van der Waals surface area contributed by atoms with Gasteiger partial charge in [-0.15, -0.1) is 10.1 Å². The number of nitrogens with one attached hydrogen (secondary N) is 3. The molecule has 0 saturated heterocycles. The number of nitrogens with zero attached hydrogens (tertiary/aromatic N) is 4. The Hall–Kier alpha value is -4.19. The van der Waals surface area contributed by atoms with E-state index in [9.17, 15) is 0 Å². The third kappa shape index (κ3) is 10.8. The Morgan fingerprint density at radius 2 is 1.53 bits per heavy atom. The molecule has 0 aliphatic carbocycles. The van der Waals surface area contributed by atoms with Crippen LogP contribution in [0.15, 0.2) is 79.1 Å². The van der Waals surface area contributed by atoms with E-state index in [1.807, 2.05) is 30.3 Å². The lowest BCUT2D eigenvalue weighted by Crippen LogP contribution is -2.20. The lowest BCUT2D eigenvalue weighted by molar-refractivity contribution is -0.742. The van der Waals surface area contributed by atoms with Crippen molar-refractivity contribution in [3.63, 3.8) is 0 Å². The molecule has 0 saturated carbocycles. The van der Waals surface area contributed by atoms with E-state index < -0.39 is 5.09 Å². The third-order valence-electron chi connectivity index (χ3n) is 3.86. The zero-order valence-electron chi connectivity index (χ0n) is 18.3. The highest BCUT2D eigenvalue weighted by Crippen LogP contribution is 2.22. The average Bonchev–Trinajstić information content (AvgIpc) is 2.79. The van der Waals surface area contributed by atoms with Crippen molar-refractivity contribution in [2.75, 3.05) is 10.6 Å². The summed E-state index contributed by atoms with van der Waals surface area (Å²) in [5, 5.41) is 28.0. The predicted molar refractivity (Wildman–Crippen MR) is 141 cm³/mol. The minimum Gasteiger partial charge on any atom is -0.370 e. The molecule has 6 N–H and O–H groups in total. The predicted octanol–water partition coefficient (Wildman–Crippen LogP) is 5.89. The van der Waals surface area contributed by atoms with Crippen LogP contribution in [0.4, 0.5) is 17.3 Å². The van der Waals surface area contributed by atoms with E-state index in [-0.39, 0.29) is 5.96 Å². The summed E-state index contributed by atoms with van der Waals surface area (Å²) >= 11 is 17.5. The van der Waals surface area contributed by atoms with Gasteiger partial charge >= 0.3 is 0 Å². The van der Waals surface area contributed by atoms with Gasteiger partial charge in [0.15, 0.2) is 5.96 Å². The molecule has 0 aliphatic heterocycles. The summed E-state index contributed by atoms with van der Waals surface area (Å²) in [5.41, 5.74) is 8.30. The molecular formula is C22H19Cl3N8O3. The van der Waals surface area contributed by atoms with Crippen LogP contribution >= 0.6 is 34.8 Å². The highest BCUT2D eigenvalue weighted by atomic mass is 35.5. The first kappa shape index (κ1) is 28.1. The van der Waals surface area contributed by atoms with Gasteiger partial charge in [0.05, 0.1) is 5.69 Å². The lowest BCUT2D eigenvalue weighted by atomic mass is 10.2. The molecule has 0 radical (unpaired) electrons. The Balaban J connectivity index is 0.000000255. The second-order valence-electron chi connectivity index (χ2n) is 6.55. The van der Waals surface area contributed by atoms with E-state index in [1.165, 1.54) is 0 Å². The van der Waals surface area contributed by atoms with Crippen LogP contribution in [-0.2, 0) is 0 Å². The minimum atomic E-state index is -1.50. The molecule has 11 nitrogen and oxygen atoms in total. The number of halogens is 3. The van der Waals surface area contributed by atoms with Crippen molar-refractivity contribution in [2.45, 2.75) is 0 Å². The molecule has 186 valence electrons. The van der Waals surface area contributed by atoms with E-state index in [4.69, 9.17) is 61.3 Å². The summed E-state index contributed by atoms with van der Waals surface area (Å²) in [4.78, 5) is 21.0. The fraction of sp³-hybridized carbons (Fsp3) is 0. The van der Waals surface area contributed by atoms with Gasteiger partial charge in [-0.1, -0.05) is 46.9 Å².